The number of fused-ring (bicyclic) bond motifs is 1. The maximum absolute atomic E-state index is 10.6. The molecule has 5 nitrogen and oxygen atoms in total. The molecule has 130 valence electrons. The molecular formula is C19H26N2O3. The van der Waals surface area contributed by atoms with Crippen LogP contribution < -0.4 is 11.5 Å². The molecule has 1 saturated carbocycles. The van der Waals surface area contributed by atoms with Gasteiger partial charge in [0.15, 0.2) is 0 Å². The number of methoxy groups -OCH3 is 1. The molecule has 0 saturated heterocycles. The second kappa shape index (κ2) is 6.78. The van der Waals surface area contributed by atoms with Gasteiger partial charge in [-0.1, -0.05) is 36.4 Å². The van der Waals surface area contributed by atoms with E-state index in [1.54, 1.807) is 7.11 Å². The van der Waals surface area contributed by atoms with Gasteiger partial charge in [-0.3, -0.25) is 0 Å². The lowest BCUT2D eigenvalue weighted by atomic mass is 9.75. The third-order valence-electron chi connectivity index (χ3n) is 4.91. The molecule has 1 aliphatic rings. The van der Waals surface area contributed by atoms with Crippen molar-refractivity contribution >= 4 is 10.8 Å². The summed E-state index contributed by atoms with van der Waals surface area (Å²) in [7, 11) is 1.55. The largest absolute Gasteiger partial charge is 0.388 e. The second-order valence-electron chi connectivity index (χ2n) is 6.98. The summed E-state index contributed by atoms with van der Waals surface area (Å²) in [6.07, 6.45) is -1.32. The normalized spacial score (nSPS) is 33.7. The maximum Gasteiger partial charge on any atom is 0.110 e. The first-order valence-electron chi connectivity index (χ1n) is 8.27. The number of nitrogens with two attached hydrogens (primary N) is 2. The highest BCUT2D eigenvalue weighted by Gasteiger charge is 2.48. The summed E-state index contributed by atoms with van der Waals surface area (Å²) < 4.78 is 11.4. The Morgan fingerprint density at radius 3 is 2.62 bits per heavy atom. The van der Waals surface area contributed by atoms with Crippen molar-refractivity contribution < 1.29 is 14.6 Å². The van der Waals surface area contributed by atoms with E-state index in [9.17, 15) is 5.11 Å². The summed E-state index contributed by atoms with van der Waals surface area (Å²) in [5.41, 5.74) is 12.8. The summed E-state index contributed by atoms with van der Waals surface area (Å²) in [6.45, 7) is 2.25. The SMILES string of the molecule is COC1C(N)CC(C)(N)[C@@H](OCc2ccc3ccccc3c2)C1O. The average molecular weight is 330 g/mol. The van der Waals surface area contributed by atoms with Gasteiger partial charge in [-0.25, -0.2) is 0 Å². The van der Waals surface area contributed by atoms with Crippen LogP contribution in [-0.4, -0.2) is 42.1 Å². The van der Waals surface area contributed by atoms with Crippen LogP contribution in [0, 0.1) is 0 Å². The van der Waals surface area contributed by atoms with Gasteiger partial charge in [0, 0.05) is 18.7 Å². The molecule has 4 unspecified atom stereocenters. The lowest BCUT2D eigenvalue weighted by Crippen LogP contribution is -2.68. The summed E-state index contributed by atoms with van der Waals surface area (Å²) >= 11 is 0. The molecule has 2 aromatic rings. The van der Waals surface area contributed by atoms with Gasteiger partial charge in [0.25, 0.3) is 0 Å². The van der Waals surface area contributed by atoms with E-state index in [1.165, 1.54) is 5.39 Å². The van der Waals surface area contributed by atoms with Crippen LogP contribution in [0.15, 0.2) is 42.5 Å². The predicted octanol–water partition coefficient (Wildman–Crippen LogP) is 1.55. The number of hydrogen-bond donors (Lipinski definition) is 3. The fourth-order valence-electron chi connectivity index (χ4n) is 3.67. The van der Waals surface area contributed by atoms with Crippen molar-refractivity contribution in [2.45, 2.75) is 49.8 Å². The van der Waals surface area contributed by atoms with Crippen molar-refractivity contribution in [3.05, 3.63) is 48.0 Å². The van der Waals surface area contributed by atoms with Crippen molar-refractivity contribution in [2.75, 3.05) is 7.11 Å². The Bertz CT molecular complexity index is 704. The smallest absolute Gasteiger partial charge is 0.110 e. The zero-order chi connectivity index (χ0) is 17.3. The first-order chi connectivity index (χ1) is 11.4. The van der Waals surface area contributed by atoms with E-state index < -0.39 is 23.9 Å². The molecule has 0 aromatic heterocycles. The van der Waals surface area contributed by atoms with Gasteiger partial charge in [-0.05, 0) is 35.7 Å². The van der Waals surface area contributed by atoms with Crippen LogP contribution in [0.3, 0.4) is 0 Å². The molecule has 0 heterocycles. The van der Waals surface area contributed by atoms with Gasteiger partial charge in [0.1, 0.15) is 18.3 Å². The van der Waals surface area contributed by atoms with Gasteiger partial charge >= 0.3 is 0 Å². The predicted molar refractivity (Wildman–Crippen MR) is 94.5 cm³/mol. The van der Waals surface area contributed by atoms with Crippen molar-refractivity contribution in [3.8, 4) is 0 Å². The summed E-state index contributed by atoms with van der Waals surface area (Å²) in [4.78, 5) is 0. The third-order valence-corrected chi connectivity index (χ3v) is 4.91. The molecule has 1 fully saturated rings. The van der Waals surface area contributed by atoms with Crippen LogP contribution in [0.2, 0.25) is 0 Å². The molecule has 24 heavy (non-hydrogen) atoms. The van der Waals surface area contributed by atoms with E-state index in [2.05, 4.69) is 24.3 Å². The molecule has 3 rings (SSSR count). The first-order valence-corrected chi connectivity index (χ1v) is 8.27. The fraction of sp³-hybridized carbons (Fsp3) is 0.474. The molecule has 0 aliphatic heterocycles. The van der Waals surface area contributed by atoms with Gasteiger partial charge in [0.2, 0.25) is 0 Å². The molecule has 2 aromatic carbocycles. The quantitative estimate of drug-likeness (QED) is 0.791. The number of hydrogen-bond acceptors (Lipinski definition) is 5. The standard InChI is InChI=1S/C19H26N2O3/c1-19(21)10-15(20)17(23-2)16(22)18(19)24-11-12-7-8-13-5-3-4-6-14(13)9-12/h3-9,15-18,22H,10-11,20-21H2,1-2H3/t15?,16?,17?,18-,19?/m0/s1. The third kappa shape index (κ3) is 3.31. The summed E-state index contributed by atoms with van der Waals surface area (Å²) in [5, 5.41) is 12.9. The molecule has 1 aliphatic carbocycles. The average Bonchev–Trinajstić information content (AvgIpc) is 2.54. The van der Waals surface area contributed by atoms with Crippen LogP contribution in [-0.2, 0) is 16.1 Å². The number of aliphatic hydroxyl groups is 1. The van der Waals surface area contributed by atoms with Gasteiger partial charge < -0.3 is 26.0 Å². The monoisotopic (exact) mass is 330 g/mol. The van der Waals surface area contributed by atoms with Crippen LogP contribution >= 0.6 is 0 Å². The van der Waals surface area contributed by atoms with Gasteiger partial charge in [-0.2, -0.15) is 0 Å². The highest BCUT2D eigenvalue weighted by atomic mass is 16.5. The Kier molecular flexibility index (Phi) is 4.90. The molecule has 5 heteroatoms. The molecular weight excluding hydrogens is 304 g/mol. The Labute approximate surface area is 142 Å². The van der Waals surface area contributed by atoms with Crippen molar-refractivity contribution in [1.82, 2.24) is 0 Å². The van der Waals surface area contributed by atoms with Crippen molar-refractivity contribution in [3.63, 3.8) is 0 Å². The van der Waals surface area contributed by atoms with Crippen molar-refractivity contribution in [1.29, 1.82) is 0 Å². The Morgan fingerprint density at radius 1 is 1.21 bits per heavy atom. The van der Waals surface area contributed by atoms with Crippen LogP contribution in [0.5, 0.6) is 0 Å². The molecule has 0 amide bonds. The maximum atomic E-state index is 10.6. The fourth-order valence-corrected chi connectivity index (χ4v) is 3.67. The minimum Gasteiger partial charge on any atom is -0.388 e. The van der Waals surface area contributed by atoms with Crippen molar-refractivity contribution in [2.24, 2.45) is 11.5 Å². The Hall–Kier alpha value is -1.50. The Balaban J connectivity index is 1.75. The van der Waals surface area contributed by atoms with Crippen LogP contribution in [0.4, 0.5) is 0 Å². The number of rotatable bonds is 4. The van der Waals surface area contributed by atoms with Gasteiger partial charge in [0.05, 0.1) is 6.61 Å². The van der Waals surface area contributed by atoms with E-state index in [-0.39, 0.29) is 6.04 Å². The minimum atomic E-state index is -0.853. The van der Waals surface area contributed by atoms with E-state index in [1.807, 2.05) is 25.1 Å². The molecule has 0 spiro atoms. The first kappa shape index (κ1) is 17.3. The zero-order valence-electron chi connectivity index (χ0n) is 14.2. The zero-order valence-corrected chi connectivity index (χ0v) is 14.2. The molecule has 5 N–H and O–H groups in total. The summed E-state index contributed by atoms with van der Waals surface area (Å²) in [6, 6.07) is 14.1. The highest BCUT2D eigenvalue weighted by molar-refractivity contribution is 5.82. The second-order valence-corrected chi connectivity index (χ2v) is 6.98. The molecule has 5 atom stereocenters. The molecule has 0 radical (unpaired) electrons. The summed E-state index contributed by atoms with van der Waals surface area (Å²) in [5.74, 6) is 0. The lowest BCUT2D eigenvalue weighted by molar-refractivity contribution is -0.161. The van der Waals surface area contributed by atoms with E-state index in [0.29, 0.717) is 13.0 Å². The topological polar surface area (TPSA) is 90.7 Å². The van der Waals surface area contributed by atoms with Crippen LogP contribution in [0.1, 0.15) is 18.9 Å². The molecule has 0 bridgehead atoms. The van der Waals surface area contributed by atoms with Gasteiger partial charge in [-0.15, -0.1) is 0 Å². The van der Waals surface area contributed by atoms with E-state index in [4.69, 9.17) is 20.9 Å². The number of benzene rings is 2. The van der Waals surface area contributed by atoms with E-state index in [0.717, 1.165) is 10.9 Å². The minimum absolute atomic E-state index is 0.305. The number of ether oxygens (including phenoxy) is 2. The Morgan fingerprint density at radius 2 is 1.92 bits per heavy atom. The lowest BCUT2D eigenvalue weighted by Gasteiger charge is -2.47. The highest BCUT2D eigenvalue weighted by Crippen LogP contribution is 2.31. The van der Waals surface area contributed by atoms with E-state index >= 15 is 0 Å². The van der Waals surface area contributed by atoms with Crippen LogP contribution in [0.25, 0.3) is 10.8 Å². The number of aliphatic hydroxyl groups excluding tert-OH is 1.